The van der Waals surface area contributed by atoms with Gasteiger partial charge in [0, 0.05) is 13.1 Å². The molecule has 1 aromatic carbocycles. The zero-order valence-electron chi connectivity index (χ0n) is 10.9. The molecule has 0 aromatic heterocycles. The fraction of sp³-hybridized carbons (Fsp3) is 0.500. The van der Waals surface area contributed by atoms with Gasteiger partial charge in [0.1, 0.15) is 4.90 Å². The molecule has 0 saturated carbocycles. The molecule has 0 spiro atoms. The minimum atomic E-state index is -3.80. The summed E-state index contributed by atoms with van der Waals surface area (Å²) in [5.41, 5.74) is 7.33. The van der Waals surface area contributed by atoms with Crippen molar-refractivity contribution in [3.63, 3.8) is 0 Å². The number of nitrogens with two attached hydrogens (primary N) is 1. The Kier molecular flexibility index (Phi) is 3.57. The summed E-state index contributed by atoms with van der Waals surface area (Å²) in [5, 5.41) is 19.0. The molecule has 2 atom stereocenters. The molecule has 1 aromatic rings. The molecule has 4 N–H and O–H groups in total. The van der Waals surface area contributed by atoms with Crippen LogP contribution in [-0.2, 0) is 10.0 Å². The quantitative estimate of drug-likeness (QED) is 0.642. The molecule has 0 aliphatic carbocycles. The molecule has 106 valence electrons. The van der Waals surface area contributed by atoms with Crippen molar-refractivity contribution in [1.29, 1.82) is 0 Å². The fourth-order valence-electron chi connectivity index (χ4n) is 2.21. The van der Waals surface area contributed by atoms with Gasteiger partial charge in [0.2, 0.25) is 10.0 Å². The third-order valence-corrected chi connectivity index (χ3v) is 5.47. The average molecular weight is 286 g/mol. The van der Waals surface area contributed by atoms with Crippen molar-refractivity contribution in [3.05, 3.63) is 23.3 Å². The molecule has 0 radical (unpaired) electrons. The zero-order chi connectivity index (χ0) is 14.4. The zero-order valence-corrected chi connectivity index (χ0v) is 11.7. The van der Waals surface area contributed by atoms with Crippen LogP contribution in [0.15, 0.2) is 17.0 Å². The Labute approximate surface area is 112 Å². The van der Waals surface area contributed by atoms with E-state index in [1.54, 1.807) is 26.0 Å². The normalized spacial score (nSPS) is 24.8. The second-order valence-corrected chi connectivity index (χ2v) is 6.77. The lowest BCUT2D eigenvalue weighted by molar-refractivity contribution is 0.0572. The topological polar surface area (TPSA) is 104 Å². The first-order chi connectivity index (χ1) is 8.75. The molecule has 1 fully saturated rings. The van der Waals surface area contributed by atoms with Crippen LogP contribution in [0.1, 0.15) is 11.1 Å². The lowest BCUT2D eigenvalue weighted by Crippen LogP contribution is -2.31. The van der Waals surface area contributed by atoms with Crippen molar-refractivity contribution in [1.82, 2.24) is 4.31 Å². The van der Waals surface area contributed by atoms with Gasteiger partial charge >= 0.3 is 0 Å². The Hall–Kier alpha value is -1.15. The van der Waals surface area contributed by atoms with Gasteiger partial charge in [-0.2, -0.15) is 4.31 Å². The van der Waals surface area contributed by atoms with Crippen molar-refractivity contribution >= 4 is 15.7 Å². The predicted molar refractivity (Wildman–Crippen MR) is 71.1 cm³/mol. The Morgan fingerprint density at radius 3 is 2.16 bits per heavy atom. The Balaban J connectivity index is 2.50. The number of β-amino-alcohol motifs (C(OH)–C–C–N with tert-alkyl or cyclic N) is 2. The lowest BCUT2D eigenvalue weighted by Gasteiger charge is -2.19. The summed E-state index contributed by atoms with van der Waals surface area (Å²) < 4.78 is 26.2. The van der Waals surface area contributed by atoms with E-state index in [1.165, 1.54) is 0 Å². The number of sulfonamides is 1. The highest BCUT2D eigenvalue weighted by Crippen LogP contribution is 2.30. The van der Waals surface area contributed by atoms with E-state index in [1.807, 2.05) is 0 Å². The second kappa shape index (κ2) is 4.75. The summed E-state index contributed by atoms with van der Waals surface area (Å²) in [6, 6.07) is 3.46. The molecule has 2 unspecified atom stereocenters. The van der Waals surface area contributed by atoms with Crippen molar-refractivity contribution < 1.29 is 18.6 Å². The van der Waals surface area contributed by atoms with Gasteiger partial charge < -0.3 is 15.9 Å². The molecule has 6 nitrogen and oxygen atoms in total. The Morgan fingerprint density at radius 1 is 1.16 bits per heavy atom. The van der Waals surface area contributed by atoms with Crippen LogP contribution >= 0.6 is 0 Å². The van der Waals surface area contributed by atoms with Crippen molar-refractivity contribution in [2.45, 2.75) is 31.0 Å². The van der Waals surface area contributed by atoms with E-state index >= 15 is 0 Å². The molecule has 1 saturated heterocycles. The Bertz CT molecular complexity index is 590. The van der Waals surface area contributed by atoms with E-state index in [0.29, 0.717) is 11.1 Å². The maximum Gasteiger partial charge on any atom is 0.245 e. The fourth-order valence-corrected chi connectivity index (χ4v) is 4.08. The standard InChI is InChI=1S/C12H18N2O4S/c1-7-3-4-8(2)12(11(7)13)19(17,18)14-5-9(15)10(16)6-14/h3-4,9-10,15-16H,5-6,13H2,1-2H3. The van der Waals surface area contributed by atoms with Gasteiger partial charge in [0.15, 0.2) is 0 Å². The predicted octanol–water partition coefficient (Wildman–Crippen LogP) is -0.388. The molecule has 7 heteroatoms. The molecule has 1 aliphatic rings. The first kappa shape index (κ1) is 14.3. The third kappa shape index (κ3) is 2.34. The molecular weight excluding hydrogens is 268 g/mol. The largest absolute Gasteiger partial charge is 0.397 e. The maximum absolute atomic E-state index is 12.5. The van der Waals surface area contributed by atoms with Crippen LogP contribution in [0.4, 0.5) is 5.69 Å². The first-order valence-electron chi connectivity index (χ1n) is 5.97. The van der Waals surface area contributed by atoms with Crippen LogP contribution < -0.4 is 5.73 Å². The number of hydrogen-bond acceptors (Lipinski definition) is 5. The van der Waals surface area contributed by atoms with Gasteiger partial charge in [-0.25, -0.2) is 8.42 Å². The van der Waals surface area contributed by atoms with Gasteiger partial charge in [-0.05, 0) is 25.0 Å². The molecule has 0 bridgehead atoms. The number of hydrogen-bond donors (Lipinski definition) is 3. The number of benzene rings is 1. The van der Waals surface area contributed by atoms with E-state index < -0.39 is 22.2 Å². The summed E-state index contributed by atoms with van der Waals surface area (Å²) in [6.45, 7) is 3.18. The van der Waals surface area contributed by atoms with E-state index in [4.69, 9.17) is 5.73 Å². The average Bonchev–Trinajstić information content (AvgIpc) is 2.65. The number of aryl methyl sites for hydroxylation is 2. The second-order valence-electron chi connectivity index (χ2n) is 4.90. The van der Waals surface area contributed by atoms with Crippen LogP contribution in [0.5, 0.6) is 0 Å². The highest BCUT2D eigenvalue weighted by molar-refractivity contribution is 7.89. The summed E-state index contributed by atoms with van der Waals surface area (Å²) in [4.78, 5) is 0.0637. The molecule has 1 aliphatic heterocycles. The van der Waals surface area contributed by atoms with E-state index in [0.717, 1.165) is 4.31 Å². The minimum absolute atomic E-state index is 0.0637. The van der Waals surface area contributed by atoms with Gasteiger partial charge in [-0.15, -0.1) is 0 Å². The van der Waals surface area contributed by atoms with Gasteiger partial charge in [-0.1, -0.05) is 12.1 Å². The van der Waals surface area contributed by atoms with E-state index in [9.17, 15) is 18.6 Å². The minimum Gasteiger partial charge on any atom is -0.397 e. The molecule has 19 heavy (non-hydrogen) atoms. The van der Waals surface area contributed by atoms with Crippen LogP contribution in [0, 0.1) is 13.8 Å². The number of aliphatic hydroxyl groups excluding tert-OH is 2. The van der Waals surface area contributed by atoms with Crippen LogP contribution in [0.2, 0.25) is 0 Å². The molecule has 1 heterocycles. The lowest BCUT2D eigenvalue weighted by atomic mass is 10.1. The van der Waals surface area contributed by atoms with Crippen LogP contribution in [-0.4, -0.2) is 48.2 Å². The summed E-state index contributed by atoms with van der Waals surface area (Å²) in [7, 11) is -3.80. The smallest absolute Gasteiger partial charge is 0.245 e. The first-order valence-corrected chi connectivity index (χ1v) is 7.41. The van der Waals surface area contributed by atoms with Crippen molar-refractivity contribution in [2.24, 2.45) is 0 Å². The number of anilines is 1. The summed E-state index contributed by atoms with van der Waals surface area (Å²) in [5.74, 6) is 0. The van der Waals surface area contributed by atoms with Gasteiger partial charge in [0.05, 0.1) is 17.9 Å². The summed E-state index contributed by atoms with van der Waals surface area (Å²) >= 11 is 0. The van der Waals surface area contributed by atoms with E-state index in [-0.39, 0.29) is 23.7 Å². The molecule has 0 amide bonds. The number of rotatable bonds is 2. The van der Waals surface area contributed by atoms with Crippen molar-refractivity contribution in [3.8, 4) is 0 Å². The molecular formula is C12H18N2O4S. The van der Waals surface area contributed by atoms with Crippen LogP contribution in [0.25, 0.3) is 0 Å². The van der Waals surface area contributed by atoms with Crippen molar-refractivity contribution in [2.75, 3.05) is 18.8 Å². The number of aliphatic hydroxyl groups is 2. The molecule has 2 rings (SSSR count). The SMILES string of the molecule is Cc1ccc(C)c(S(=O)(=O)N2CC(O)C(O)C2)c1N. The van der Waals surface area contributed by atoms with Crippen LogP contribution in [0.3, 0.4) is 0 Å². The highest BCUT2D eigenvalue weighted by atomic mass is 32.2. The monoisotopic (exact) mass is 286 g/mol. The number of nitrogen functional groups attached to an aromatic ring is 1. The van der Waals surface area contributed by atoms with Gasteiger partial charge in [0.25, 0.3) is 0 Å². The number of nitrogens with zero attached hydrogens (tertiary/aromatic N) is 1. The Morgan fingerprint density at radius 2 is 1.63 bits per heavy atom. The third-order valence-electron chi connectivity index (χ3n) is 3.43. The maximum atomic E-state index is 12.5. The van der Waals surface area contributed by atoms with E-state index in [2.05, 4.69) is 0 Å². The van der Waals surface area contributed by atoms with Gasteiger partial charge in [-0.3, -0.25) is 0 Å². The highest BCUT2D eigenvalue weighted by Gasteiger charge is 2.39. The summed E-state index contributed by atoms with van der Waals surface area (Å²) in [6.07, 6.45) is -2.11.